The van der Waals surface area contributed by atoms with Crippen LogP contribution in [0.15, 0.2) is 48.8 Å². The van der Waals surface area contributed by atoms with E-state index < -0.39 is 11.7 Å². The number of rotatable bonds is 6. The molecule has 1 heterocycles. The quantitative estimate of drug-likeness (QED) is 0.803. The van der Waals surface area contributed by atoms with Gasteiger partial charge in [0.15, 0.2) is 0 Å². The number of nitrogens with one attached hydrogen (secondary N) is 2. The first-order valence-corrected chi connectivity index (χ1v) is 7.02. The van der Waals surface area contributed by atoms with Gasteiger partial charge >= 0.3 is 6.18 Å². The van der Waals surface area contributed by atoms with Crippen LogP contribution < -0.4 is 10.6 Å². The molecule has 0 aliphatic carbocycles. The summed E-state index contributed by atoms with van der Waals surface area (Å²) in [6.45, 7) is 1.09. The summed E-state index contributed by atoms with van der Waals surface area (Å²) in [5.41, 5.74) is 0.662. The van der Waals surface area contributed by atoms with Gasteiger partial charge in [0.25, 0.3) is 0 Å². The number of hydrogen-bond donors (Lipinski definition) is 2. The zero-order chi connectivity index (χ0) is 16.7. The maximum absolute atomic E-state index is 12.4. The lowest BCUT2D eigenvalue weighted by Gasteiger charge is -2.09. The minimum atomic E-state index is -4.38. The molecule has 0 bridgehead atoms. The van der Waals surface area contributed by atoms with Crippen LogP contribution in [0.1, 0.15) is 17.5 Å². The molecule has 2 rings (SSSR count). The molecule has 0 spiro atoms. The van der Waals surface area contributed by atoms with Crippen molar-refractivity contribution in [3.05, 3.63) is 59.9 Å². The molecule has 0 aliphatic rings. The van der Waals surface area contributed by atoms with E-state index in [-0.39, 0.29) is 12.3 Å². The molecule has 0 atom stereocenters. The Hall–Kier alpha value is -2.41. The molecule has 2 aromatic rings. The highest BCUT2D eigenvalue weighted by Crippen LogP contribution is 2.29. The molecule has 0 fully saturated rings. The fraction of sp³-hybridized carbons (Fsp3) is 0.250. The van der Waals surface area contributed by atoms with Crippen LogP contribution in [-0.2, 0) is 17.5 Å². The smallest absolute Gasteiger partial charge is 0.326 e. The van der Waals surface area contributed by atoms with E-state index in [1.165, 1.54) is 12.1 Å². The van der Waals surface area contributed by atoms with Crippen molar-refractivity contribution < 1.29 is 18.0 Å². The van der Waals surface area contributed by atoms with Crippen molar-refractivity contribution in [2.45, 2.75) is 19.1 Å². The van der Waals surface area contributed by atoms with E-state index in [4.69, 9.17) is 0 Å². The third-order valence-corrected chi connectivity index (χ3v) is 3.10. The number of carbonyl (C=O) groups is 1. The Morgan fingerprint density at radius 2 is 1.70 bits per heavy atom. The minimum absolute atomic E-state index is 0.228. The second kappa shape index (κ2) is 7.73. The van der Waals surface area contributed by atoms with Crippen LogP contribution in [-0.4, -0.2) is 17.4 Å². The standard InChI is InChI=1S/C16H16F3N3O/c17-16(18,19)13-1-3-14(4-2-13)22-15(23)7-10-21-11-12-5-8-20-9-6-12/h1-6,8-9,21H,7,10-11H2,(H,22,23). The highest BCUT2D eigenvalue weighted by molar-refractivity contribution is 5.90. The third kappa shape index (κ3) is 5.71. The van der Waals surface area contributed by atoms with Crippen LogP contribution in [0.4, 0.5) is 18.9 Å². The predicted octanol–water partition coefficient (Wildman–Crippen LogP) is 3.22. The SMILES string of the molecule is O=C(CCNCc1ccncc1)Nc1ccc(C(F)(F)F)cc1. The van der Waals surface area contributed by atoms with Gasteiger partial charge in [0.2, 0.25) is 5.91 Å². The Balaban J connectivity index is 1.72. The van der Waals surface area contributed by atoms with E-state index in [1.807, 2.05) is 12.1 Å². The molecule has 1 aromatic carbocycles. The zero-order valence-corrected chi connectivity index (χ0v) is 12.2. The van der Waals surface area contributed by atoms with Crippen LogP contribution in [0, 0.1) is 0 Å². The average Bonchev–Trinajstić information content (AvgIpc) is 2.52. The molecule has 7 heteroatoms. The first-order valence-electron chi connectivity index (χ1n) is 7.02. The number of hydrogen-bond acceptors (Lipinski definition) is 3. The molecule has 122 valence electrons. The van der Waals surface area contributed by atoms with Gasteiger partial charge in [-0.2, -0.15) is 13.2 Å². The fourth-order valence-corrected chi connectivity index (χ4v) is 1.90. The molecule has 0 saturated heterocycles. The van der Waals surface area contributed by atoms with Gasteiger partial charge in [0.1, 0.15) is 0 Å². The van der Waals surface area contributed by atoms with Crippen LogP contribution in [0.25, 0.3) is 0 Å². The molecule has 0 radical (unpaired) electrons. The first kappa shape index (κ1) is 17.0. The summed E-state index contributed by atoms with van der Waals surface area (Å²) in [5, 5.41) is 5.67. The van der Waals surface area contributed by atoms with Gasteiger partial charge in [-0.1, -0.05) is 0 Å². The number of anilines is 1. The van der Waals surface area contributed by atoms with Gasteiger partial charge in [-0.05, 0) is 42.0 Å². The van der Waals surface area contributed by atoms with Crippen LogP contribution in [0.3, 0.4) is 0 Å². The van der Waals surface area contributed by atoms with Crippen molar-refractivity contribution in [1.82, 2.24) is 10.3 Å². The number of aromatic nitrogens is 1. The molecule has 0 unspecified atom stereocenters. The van der Waals surface area contributed by atoms with Crippen LogP contribution >= 0.6 is 0 Å². The van der Waals surface area contributed by atoms with Crippen molar-refractivity contribution >= 4 is 11.6 Å². The van der Waals surface area contributed by atoms with Crippen LogP contribution in [0.2, 0.25) is 0 Å². The number of alkyl halides is 3. The second-order valence-electron chi connectivity index (χ2n) is 4.91. The predicted molar refractivity (Wildman–Crippen MR) is 80.6 cm³/mol. The van der Waals surface area contributed by atoms with Crippen molar-refractivity contribution in [2.75, 3.05) is 11.9 Å². The third-order valence-electron chi connectivity index (χ3n) is 3.10. The first-order chi connectivity index (χ1) is 10.9. The summed E-state index contributed by atoms with van der Waals surface area (Å²) in [7, 11) is 0. The maximum atomic E-state index is 12.4. The lowest BCUT2D eigenvalue weighted by molar-refractivity contribution is -0.137. The zero-order valence-electron chi connectivity index (χ0n) is 12.2. The number of nitrogens with zero attached hydrogens (tertiary/aromatic N) is 1. The molecule has 0 aliphatic heterocycles. The van der Waals surface area contributed by atoms with E-state index in [9.17, 15) is 18.0 Å². The minimum Gasteiger partial charge on any atom is -0.326 e. The van der Waals surface area contributed by atoms with Crippen molar-refractivity contribution in [3.8, 4) is 0 Å². The Morgan fingerprint density at radius 1 is 1.04 bits per heavy atom. The molecule has 2 N–H and O–H groups in total. The number of carbonyl (C=O) groups excluding carboxylic acids is 1. The summed E-state index contributed by atoms with van der Waals surface area (Å²) >= 11 is 0. The monoisotopic (exact) mass is 323 g/mol. The molecule has 1 amide bonds. The highest BCUT2D eigenvalue weighted by Gasteiger charge is 2.29. The molecule has 4 nitrogen and oxygen atoms in total. The van der Waals surface area contributed by atoms with E-state index >= 15 is 0 Å². The van der Waals surface area contributed by atoms with Gasteiger partial charge in [-0.3, -0.25) is 9.78 Å². The lowest BCUT2D eigenvalue weighted by atomic mass is 10.2. The summed E-state index contributed by atoms with van der Waals surface area (Å²) in [6.07, 6.45) is -0.770. The van der Waals surface area contributed by atoms with E-state index in [1.54, 1.807) is 12.4 Å². The Labute approximate surface area is 131 Å². The molecule has 0 saturated carbocycles. The van der Waals surface area contributed by atoms with Crippen molar-refractivity contribution in [2.24, 2.45) is 0 Å². The maximum Gasteiger partial charge on any atom is 0.416 e. The number of pyridine rings is 1. The number of benzene rings is 1. The number of amides is 1. The highest BCUT2D eigenvalue weighted by atomic mass is 19.4. The summed E-state index contributed by atoms with van der Waals surface area (Å²) < 4.78 is 37.3. The normalized spacial score (nSPS) is 11.3. The van der Waals surface area contributed by atoms with E-state index in [0.29, 0.717) is 18.8 Å². The average molecular weight is 323 g/mol. The Kier molecular flexibility index (Phi) is 5.70. The second-order valence-corrected chi connectivity index (χ2v) is 4.91. The molecule has 23 heavy (non-hydrogen) atoms. The number of halogens is 3. The molecular formula is C16H16F3N3O. The molecular weight excluding hydrogens is 307 g/mol. The van der Waals surface area contributed by atoms with Gasteiger partial charge in [-0.25, -0.2) is 0 Å². The fourth-order valence-electron chi connectivity index (χ4n) is 1.90. The van der Waals surface area contributed by atoms with Crippen molar-refractivity contribution in [1.29, 1.82) is 0 Å². The topological polar surface area (TPSA) is 54.0 Å². The summed E-state index contributed by atoms with van der Waals surface area (Å²) in [6, 6.07) is 8.11. The Bertz CT molecular complexity index is 627. The molecule has 1 aromatic heterocycles. The van der Waals surface area contributed by atoms with Crippen LogP contribution in [0.5, 0.6) is 0 Å². The van der Waals surface area contributed by atoms with Crippen molar-refractivity contribution in [3.63, 3.8) is 0 Å². The van der Waals surface area contributed by atoms with Gasteiger partial charge in [0.05, 0.1) is 5.56 Å². The summed E-state index contributed by atoms with van der Waals surface area (Å²) in [5.74, 6) is -0.257. The largest absolute Gasteiger partial charge is 0.416 e. The Morgan fingerprint density at radius 3 is 2.30 bits per heavy atom. The van der Waals surface area contributed by atoms with Gasteiger partial charge in [-0.15, -0.1) is 0 Å². The van der Waals surface area contributed by atoms with E-state index in [0.717, 1.165) is 17.7 Å². The lowest BCUT2D eigenvalue weighted by Crippen LogP contribution is -2.21. The summed E-state index contributed by atoms with van der Waals surface area (Å²) in [4.78, 5) is 15.6. The van der Waals surface area contributed by atoms with Gasteiger partial charge in [0, 0.05) is 37.6 Å². The van der Waals surface area contributed by atoms with E-state index in [2.05, 4.69) is 15.6 Å². The van der Waals surface area contributed by atoms with Gasteiger partial charge < -0.3 is 10.6 Å².